The number of nitrogens with zero attached hydrogens (tertiary/aromatic N) is 2. The molecule has 0 fully saturated rings. The Kier molecular flexibility index (Phi) is 10.5. The Morgan fingerprint density at radius 2 is 0.750 bits per heavy atom. The molecule has 1 unspecified atom stereocenters. The molecule has 2 heteroatoms. The highest BCUT2D eigenvalue weighted by Crippen LogP contribution is 2.42. The van der Waals surface area contributed by atoms with E-state index in [2.05, 4.69) is 271 Å². The monoisotopic (exact) mass is 818 g/mol. The number of allylic oxidation sites excluding steroid dienone is 4. The minimum absolute atomic E-state index is 0.292. The standard InChI is InChI=1S/C62H46N2/c1-3-19-53(20-4-1)63(61-27-13-17-49-15-7-9-25-59(49)61)55-41-37-47(38-42-55)45-29-33-51(34-30-45)57-23-11-12-24-58(57)52-35-31-46(32-36-52)48-39-43-56(44-40-48)64(54-21-5-2-6-22-54)62-28-14-18-50-16-8-10-26-60(50)62/h1-35,37-44,52H,36H2. The first-order valence-electron chi connectivity index (χ1n) is 22.2. The van der Waals surface area contributed by atoms with Gasteiger partial charge in [0, 0.05) is 39.4 Å². The summed E-state index contributed by atoms with van der Waals surface area (Å²) in [5, 5.41) is 4.91. The number of hydrogen-bond donors (Lipinski definition) is 0. The van der Waals surface area contributed by atoms with Crippen LogP contribution in [0.25, 0.3) is 49.4 Å². The average molecular weight is 819 g/mol. The second-order valence-corrected chi connectivity index (χ2v) is 16.5. The number of benzene rings is 10. The molecule has 10 aromatic carbocycles. The summed E-state index contributed by atoms with van der Waals surface area (Å²) in [6.45, 7) is 0. The summed E-state index contributed by atoms with van der Waals surface area (Å²) in [4.78, 5) is 4.72. The van der Waals surface area contributed by atoms with Gasteiger partial charge in [-0.05, 0) is 117 Å². The predicted molar refractivity (Wildman–Crippen MR) is 273 cm³/mol. The Morgan fingerprint density at radius 1 is 0.328 bits per heavy atom. The molecule has 11 rings (SSSR count). The molecule has 0 saturated heterocycles. The van der Waals surface area contributed by atoms with Crippen LogP contribution in [0.5, 0.6) is 0 Å². The van der Waals surface area contributed by atoms with Gasteiger partial charge in [-0.25, -0.2) is 0 Å². The van der Waals surface area contributed by atoms with Crippen LogP contribution in [0.4, 0.5) is 34.1 Å². The van der Waals surface area contributed by atoms with E-state index in [1.165, 1.54) is 66.2 Å². The van der Waals surface area contributed by atoms with Crippen LogP contribution in [-0.2, 0) is 0 Å². The van der Waals surface area contributed by atoms with E-state index in [0.717, 1.165) is 34.9 Å². The van der Waals surface area contributed by atoms with Crippen LogP contribution in [0.3, 0.4) is 0 Å². The second kappa shape index (κ2) is 17.3. The highest BCUT2D eigenvalue weighted by Gasteiger charge is 2.19. The van der Waals surface area contributed by atoms with Crippen molar-refractivity contribution >= 4 is 61.2 Å². The van der Waals surface area contributed by atoms with Gasteiger partial charge in [-0.2, -0.15) is 0 Å². The minimum Gasteiger partial charge on any atom is -0.310 e. The van der Waals surface area contributed by atoms with Crippen molar-refractivity contribution in [2.24, 2.45) is 0 Å². The lowest BCUT2D eigenvalue weighted by atomic mass is 9.84. The SMILES string of the molecule is C1=CC(c2ccccc2-c2ccc(-c3ccc(N(c4ccccc4)c4cccc5ccccc45)cc3)cc2)CC=C1c1ccc(N(c2ccccc2)c2cccc3ccccc23)cc1. The van der Waals surface area contributed by atoms with Crippen LogP contribution in [0.15, 0.2) is 261 Å². The highest BCUT2D eigenvalue weighted by molar-refractivity contribution is 6.00. The van der Waals surface area contributed by atoms with E-state index >= 15 is 0 Å². The normalized spacial score (nSPS) is 13.4. The van der Waals surface area contributed by atoms with Gasteiger partial charge in [-0.15, -0.1) is 0 Å². The third kappa shape index (κ3) is 7.57. The zero-order valence-corrected chi connectivity index (χ0v) is 35.5. The van der Waals surface area contributed by atoms with Crippen LogP contribution in [-0.4, -0.2) is 0 Å². The summed E-state index contributed by atoms with van der Waals surface area (Å²) >= 11 is 0. The molecular formula is C62H46N2. The molecule has 304 valence electrons. The maximum absolute atomic E-state index is 2.40. The van der Waals surface area contributed by atoms with Crippen molar-refractivity contribution in [2.75, 3.05) is 9.80 Å². The summed E-state index contributed by atoms with van der Waals surface area (Å²) in [6.07, 6.45) is 8.05. The van der Waals surface area contributed by atoms with E-state index in [1.807, 2.05) is 0 Å². The fourth-order valence-electron chi connectivity index (χ4n) is 9.41. The van der Waals surface area contributed by atoms with Gasteiger partial charge in [-0.3, -0.25) is 0 Å². The molecule has 64 heavy (non-hydrogen) atoms. The Bertz CT molecular complexity index is 3260. The van der Waals surface area contributed by atoms with Crippen LogP contribution in [0.1, 0.15) is 23.5 Å². The molecule has 10 aromatic rings. The van der Waals surface area contributed by atoms with Gasteiger partial charge in [0.05, 0.1) is 11.4 Å². The van der Waals surface area contributed by atoms with Gasteiger partial charge >= 0.3 is 0 Å². The van der Waals surface area contributed by atoms with Crippen molar-refractivity contribution in [1.82, 2.24) is 0 Å². The van der Waals surface area contributed by atoms with Crippen LogP contribution >= 0.6 is 0 Å². The fourth-order valence-corrected chi connectivity index (χ4v) is 9.41. The van der Waals surface area contributed by atoms with Crippen LogP contribution < -0.4 is 9.80 Å². The quantitative estimate of drug-likeness (QED) is 0.136. The Hall–Kier alpha value is -8.20. The van der Waals surface area contributed by atoms with E-state index in [1.54, 1.807) is 0 Å². The van der Waals surface area contributed by atoms with Crippen molar-refractivity contribution in [1.29, 1.82) is 0 Å². The number of para-hydroxylation sites is 2. The Labute approximate surface area is 376 Å². The number of anilines is 6. The largest absolute Gasteiger partial charge is 0.310 e. The second-order valence-electron chi connectivity index (χ2n) is 16.5. The zero-order valence-electron chi connectivity index (χ0n) is 35.5. The van der Waals surface area contributed by atoms with E-state index < -0.39 is 0 Å². The average Bonchev–Trinajstić information content (AvgIpc) is 3.38. The lowest BCUT2D eigenvalue weighted by molar-refractivity contribution is 0.858. The maximum Gasteiger partial charge on any atom is 0.0540 e. The first-order chi connectivity index (χ1) is 31.7. The number of rotatable bonds is 10. The van der Waals surface area contributed by atoms with E-state index in [9.17, 15) is 0 Å². The lowest BCUT2D eigenvalue weighted by Gasteiger charge is -2.27. The molecule has 0 N–H and O–H groups in total. The number of hydrogen-bond acceptors (Lipinski definition) is 2. The summed E-state index contributed by atoms with van der Waals surface area (Å²) < 4.78 is 0. The Morgan fingerprint density at radius 3 is 1.28 bits per heavy atom. The molecule has 1 aliphatic rings. The maximum atomic E-state index is 2.40. The van der Waals surface area contributed by atoms with Crippen LogP contribution in [0.2, 0.25) is 0 Å². The fraction of sp³-hybridized carbons (Fsp3) is 0.0323. The van der Waals surface area contributed by atoms with Gasteiger partial charge in [0.25, 0.3) is 0 Å². The molecule has 0 bridgehead atoms. The van der Waals surface area contributed by atoms with E-state index in [4.69, 9.17) is 0 Å². The molecule has 0 heterocycles. The van der Waals surface area contributed by atoms with Crippen molar-refractivity contribution < 1.29 is 0 Å². The van der Waals surface area contributed by atoms with Gasteiger partial charge in [0.2, 0.25) is 0 Å². The first kappa shape index (κ1) is 38.7. The van der Waals surface area contributed by atoms with Crippen molar-refractivity contribution in [3.63, 3.8) is 0 Å². The van der Waals surface area contributed by atoms with Gasteiger partial charge in [0.1, 0.15) is 0 Å². The molecule has 0 aliphatic heterocycles. The molecule has 1 aliphatic carbocycles. The smallest absolute Gasteiger partial charge is 0.0540 e. The van der Waals surface area contributed by atoms with Gasteiger partial charge in [-0.1, -0.05) is 200 Å². The highest BCUT2D eigenvalue weighted by atomic mass is 15.1. The molecule has 0 spiro atoms. The molecule has 1 atom stereocenters. The van der Waals surface area contributed by atoms with Crippen molar-refractivity contribution in [3.05, 3.63) is 272 Å². The molecule has 0 amide bonds. The topological polar surface area (TPSA) is 6.48 Å². The van der Waals surface area contributed by atoms with Crippen molar-refractivity contribution in [3.8, 4) is 22.3 Å². The zero-order chi connectivity index (χ0) is 42.7. The van der Waals surface area contributed by atoms with Gasteiger partial charge < -0.3 is 9.80 Å². The summed E-state index contributed by atoms with van der Waals surface area (Å²) in [6, 6.07) is 87.6. The van der Waals surface area contributed by atoms with E-state index in [0.29, 0.717) is 5.92 Å². The van der Waals surface area contributed by atoms with Gasteiger partial charge in [0.15, 0.2) is 0 Å². The summed E-state index contributed by atoms with van der Waals surface area (Å²) in [5.74, 6) is 0.292. The van der Waals surface area contributed by atoms with E-state index in [-0.39, 0.29) is 0 Å². The predicted octanol–water partition coefficient (Wildman–Crippen LogP) is 17.4. The third-order valence-electron chi connectivity index (χ3n) is 12.6. The molecule has 2 nitrogen and oxygen atoms in total. The summed E-state index contributed by atoms with van der Waals surface area (Å²) in [5.41, 5.74) is 15.6. The first-order valence-corrected chi connectivity index (χ1v) is 22.2. The molecule has 0 saturated carbocycles. The third-order valence-corrected chi connectivity index (χ3v) is 12.6. The molecular weight excluding hydrogens is 773 g/mol. The van der Waals surface area contributed by atoms with Crippen LogP contribution in [0, 0.1) is 0 Å². The van der Waals surface area contributed by atoms with Crippen molar-refractivity contribution in [2.45, 2.75) is 12.3 Å². The number of fused-ring (bicyclic) bond motifs is 2. The Balaban J connectivity index is 0.818. The summed E-state index contributed by atoms with van der Waals surface area (Å²) in [7, 11) is 0. The lowest BCUT2D eigenvalue weighted by Crippen LogP contribution is -2.10. The molecule has 0 aromatic heterocycles. The minimum atomic E-state index is 0.292. The molecule has 0 radical (unpaired) electrons.